The molecule has 2 heterocycles. The number of pyridine rings is 1. The standard InChI is InChI=1S/C12H19N3S/c1-14-11(10-6-2-3-8-16-10)9-5-4-7-15-12(9)13/h4-5,7,10-11,14H,2-3,6,8H2,1H3,(H2,13,15). The monoisotopic (exact) mass is 237 g/mol. The Morgan fingerprint density at radius 1 is 1.56 bits per heavy atom. The highest BCUT2D eigenvalue weighted by molar-refractivity contribution is 8.00. The van der Waals surface area contributed by atoms with Gasteiger partial charge in [-0.1, -0.05) is 12.5 Å². The van der Waals surface area contributed by atoms with E-state index in [0.29, 0.717) is 17.1 Å². The average Bonchev–Trinajstić information content (AvgIpc) is 2.34. The average molecular weight is 237 g/mol. The molecular weight excluding hydrogens is 218 g/mol. The van der Waals surface area contributed by atoms with Gasteiger partial charge in [-0.3, -0.25) is 0 Å². The number of thioether (sulfide) groups is 1. The predicted octanol–water partition coefficient (Wildman–Crippen LogP) is 2.21. The predicted molar refractivity (Wildman–Crippen MR) is 70.5 cm³/mol. The smallest absolute Gasteiger partial charge is 0.128 e. The van der Waals surface area contributed by atoms with Gasteiger partial charge in [-0.15, -0.1) is 0 Å². The third-order valence-corrected chi connectivity index (χ3v) is 4.56. The Morgan fingerprint density at radius 3 is 3.06 bits per heavy atom. The zero-order valence-electron chi connectivity index (χ0n) is 9.65. The molecular formula is C12H19N3S. The normalized spacial score (nSPS) is 22.9. The first-order valence-corrected chi connectivity index (χ1v) is 6.87. The fourth-order valence-electron chi connectivity index (χ4n) is 2.26. The summed E-state index contributed by atoms with van der Waals surface area (Å²) in [4.78, 5) is 4.17. The lowest BCUT2D eigenvalue weighted by Gasteiger charge is -2.30. The summed E-state index contributed by atoms with van der Waals surface area (Å²) in [5, 5.41) is 4.02. The van der Waals surface area contributed by atoms with Gasteiger partial charge in [-0.2, -0.15) is 11.8 Å². The van der Waals surface area contributed by atoms with Gasteiger partial charge < -0.3 is 11.1 Å². The van der Waals surface area contributed by atoms with Gasteiger partial charge in [0.05, 0.1) is 0 Å². The van der Waals surface area contributed by atoms with Crippen molar-refractivity contribution in [2.24, 2.45) is 0 Å². The van der Waals surface area contributed by atoms with Crippen LogP contribution in [0.15, 0.2) is 18.3 Å². The van der Waals surface area contributed by atoms with Crippen LogP contribution in [-0.4, -0.2) is 23.0 Å². The molecule has 0 aliphatic carbocycles. The summed E-state index contributed by atoms with van der Waals surface area (Å²) in [5.41, 5.74) is 7.09. The molecule has 2 rings (SSSR count). The molecule has 0 aromatic carbocycles. The van der Waals surface area contributed by atoms with E-state index < -0.39 is 0 Å². The zero-order chi connectivity index (χ0) is 11.4. The second-order valence-electron chi connectivity index (χ2n) is 4.15. The molecule has 16 heavy (non-hydrogen) atoms. The van der Waals surface area contributed by atoms with E-state index in [1.807, 2.05) is 13.1 Å². The number of nitrogen functional groups attached to an aromatic ring is 1. The van der Waals surface area contributed by atoms with Crippen LogP contribution in [0, 0.1) is 0 Å². The molecule has 1 aliphatic heterocycles. The van der Waals surface area contributed by atoms with Crippen molar-refractivity contribution in [2.45, 2.75) is 30.6 Å². The molecule has 0 spiro atoms. The third-order valence-electron chi connectivity index (χ3n) is 3.10. The summed E-state index contributed by atoms with van der Waals surface area (Å²) in [5.74, 6) is 1.93. The third kappa shape index (κ3) is 2.50. The fraction of sp³-hybridized carbons (Fsp3) is 0.583. The molecule has 2 atom stereocenters. The largest absolute Gasteiger partial charge is 0.383 e. The van der Waals surface area contributed by atoms with Crippen molar-refractivity contribution in [1.29, 1.82) is 0 Å². The maximum absolute atomic E-state index is 5.94. The van der Waals surface area contributed by atoms with E-state index in [4.69, 9.17) is 5.73 Å². The Labute approximate surface area is 101 Å². The van der Waals surface area contributed by atoms with Gasteiger partial charge >= 0.3 is 0 Å². The van der Waals surface area contributed by atoms with Gasteiger partial charge in [0, 0.05) is 23.1 Å². The van der Waals surface area contributed by atoms with E-state index in [2.05, 4.69) is 28.1 Å². The van der Waals surface area contributed by atoms with Crippen LogP contribution < -0.4 is 11.1 Å². The molecule has 1 aliphatic rings. The van der Waals surface area contributed by atoms with Crippen LogP contribution in [0.5, 0.6) is 0 Å². The van der Waals surface area contributed by atoms with Crippen molar-refractivity contribution in [3.8, 4) is 0 Å². The summed E-state index contributed by atoms with van der Waals surface area (Å²) in [6.07, 6.45) is 5.69. The summed E-state index contributed by atoms with van der Waals surface area (Å²) in [6.45, 7) is 0. The molecule has 4 heteroatoms. The highest BCUT2D eigenvalue weighted by Gasteiger charge is 2.25. The second-order valence-corrected chi connectivity index (χ2v) is 5.50. The zero-order valence-corrected chi connectivity index (χ0v) is 10.5. The Hall–Kier alpha value is -0.740. The molecule has 0 radical (unpaired) electrons. The molecule has 1 fully saturated rings. The molecule has 0 amide bonds. The molecule has 1 saturated heterocycles. The van der Waals surface area contributed by atoms with Gasteiger partial charge in [0.2, 0.25) is 0 Å². The number of hydrogen-bond donors (Lipinski definition) is 2. The number of nitrogens with zero attached hydrogens (tertiary/aromatic N) is 1. The first-order valence-electron chi connectivity index (χ1n) is 5.82. The number of rotatable bonds is 3. The van der Waals surface area contributed by atoms with Crippen molar-refractivity contribution in [1.82, 2.24) is 10.3 Å². The van der Waals surface area contributed by atoms with E-state index >= 15 is 0 Å². The fourth-order valence-corrected chi connectivity index (χ4v) is 3.75. The van der Waals surface area contributed by atoms with Crippen molar-refractivity contribution in [3.05, 3.63) is 23.9 Å². The lowest BCUT2D eigenvalue weighted by atomic mass is 10.00. The maximum Gasteiger partial charge on any atom is 0.128 e. The van der Waals surface area contributed by atoms with Gasteiger partial charge in [-0.05, 0) is 31.7 Å². The molecule has 3 N–H and O–H groups in total. The minimum atomic E-state index is 0.332. The number of hydrogen-bond acceptors (Lipinski definition) is 4. The Kier molecular flexibility index (Phi) is 4.07. The van der Waals surface area contributed by atoms with Crippen LogP contribution in [0.3, 0.4) is 0 Å². The number of anilines is 1. The number of nitrogens with one attached hydrogen (secondary N) is 1. The topological polar surface area (TPSA) is 50.9 Å². The summed E-state index contributed by atoms with van der Waals surface area (Å²) in [6, 6.07) is 4.38. The van der Waals surface area contributed by atoms with Crippen LogP contribution in [0.25, 0.3) is 0 Å². The number of nitrogens with two attached hydrogens (primary N) is 1. The molecule has 2 unspecified atom stereocenters. The van der Waals surface area contributed by atoms with Gasteiger partial charge in [-0.25, -0.2) is 4.98 Å². The van der Waals surface area contributed by atoms with E-state index in [-0.39, 0.29) is 0 Å². The molecule has 0 bridgehead atoms. The lowest BCUT2D eigenvalue weighted by molar-refractivity contribution is 0.516. The van der Waals surface area contributed by atoms with Crippen molar-refractivity contribution < 1.29 is 0 Å². The van der Waals surface area contributed by atoms with Crippen molar-refractivity contribution in [3.63, 3.8) is 0 Å². The first kappa shape index (κ1) is 11.7. The lowest BCUT2D eigenvalue weighted by Crippen LogP contribution is -2.30. The van der Waals surface area contributed by atoms with Gasteiger partial charge in [0.1, 0.15) is 5.82 Å². The summed E-state index contributed by atoms with van der Waals surface area (Å²) >= 11 is 2.05. The molecule has 3 nitrogen and oxygen atoms in total. The van der Waals surface area contributed by atoms with Crippen LogP contribution in [0.4, 0.5) is 5.82 Å². The Balaban J connectivity index is 2.18. The highest BCUT2D eigenvalue weighted by Crippen LogP contribution is 2.35. The van der Waals surface area contributed by atoms with Gasteiger partial charge in [0.25, 0.3) is 0 Å². The van der Waals surface area contributed by atoms with Gasteiger partial charge in [0.15, 0.2) is 0 Å². The molecule has 0 saturated carbocycles. The van der Waals surface area contributed by atoms with Crippen LogP contribution >= 0.6 is 11.8 Å². The van der Waals surface area contributed by atoms with E-state index in [1.54, 1.807) is 6.20 Å². The second kappa shape index (κ2) is 5.55. The SMILES string of the molecule is CNC(c1cccnc1N)C1CCCCS1. The van der Waals surface area contributed by atoms with Crippen LogP contribution in [0.1, 0.15) is 30.9 Å². The van der Waals surface area contributed by atoms with E-state index in [0.717, 1.165) is 5.56 Å². The molecule has 88 valence electrons. The number of aromatic nitrogens is 1. The van der Waals surface area contributed by atoms with Crippen molar-refractivity contribution in [2.75, 3.05) is 18.5 Å². The minimum Gasteiger partial charge on any atom is -0.383 e. The van der Waals surface area contributed by atoms with Crippen molar-refractivity contribution >= 4 is 17.6 Å². The minimum absolute atomic E-state index is 0.332. The van der Waals surface area contributed by atoms with Crippen LogP contribution in [-0.2, 0) is 0 Å². The Bertz CT molecular complexity index is 337. The highest BCUT2D eigenvalue weighted by atomic mass is 32.2. The molecule has 1 aromatic heterocycles. The first-order chi connectivity index (χ1) is 7.83. The Morgan fingerprint density at radius 2 is 2.44 bits per heavy atom. The quantitative estimate of drug-likeness (QED) is 0.846. The summed E-state index contributed by atoms with van der Waals surface area (Å²) in [7, 11) is 2.01. The maximum atomic E-state index is 5.94. The van der Waals surface area contributed by atoms with Crippen LogP contribution in [0.2, 0.25) is 0 Å². The molecule has 1 aromatic rings. The van der Waals surface area contributed by atoms with E-state index in [1.165, 1.54) is 25.0 Å². The summed E-state index contributed by atoms with van der Waals surface area (Å²) < 4.78 is 0. The van der Waals surface area contributed by atoms with E-state index in [9.17, 15) is 0 Å².